The number of hydrogen-bond acceptors (Lipinski definition) is 1. The van der Waals surface area contributed by atoms with Crippen LogP contribution >= 0.6 is 0 Å². The second kappa shape index (κ2) is 12.1. The quantitative estimate of drug-likeness (QED) is 0.166. The Morgan fingerprint density at radius 1 is 0.531 bits per heavy atom. The molecule has 0 aliphatic carbocycles. The minimum Gasteiger partial charge on any atom is -0.296 e. The zero-order valence-corrected chi connectivity index (χ0v) is 26.0. The SMILES string of the molecule is [2H]c1c([2H])c([2H])c2c(-c3cc(-c4ccccc4)cc(-c4ccccc4)c3)c3c([2H])c([2H])c([2H])c([2H])c3c(-c3ccc(-n4c(C([2H])([2H])C([2H])([2H])[2H])nc5ccccc54)cc3)c2c1[2H]. The summed E-state index contributed by atoms with van der Waals surface area (Å²) < 4.78 is 116. The molecule has 0 amide bonds. The van der Waals surface area contributed by atoms with Gasteiger partial charge < -0.3 is 0 Å². The Kier molecular flexibility index (Phi) is 4.52. The molecule has 9 aromatic rings. The van der Waals surface area contributed by atoms with Crippen molar-refractivity contribution in [3.63, 3.8) is 0 Å². The predicted molar refractivity (Wildman–Crippen MR) is 207 cm³/mol. The normalized spacial score (nSPS) is 15.8. The standard InChI is InChI=1S/C47H34N2/c1-2-45-48-43-23-13-14-24-44(43)49(45)38-27-25-34(26-28-38)46-39-19-9-11-21-41(39)47(42-22-12-10-20-40(42)46)37-30-35(32-15-5-3-6-16-32)29-36(31-37)33-17-7-4-8-18-33/h3-31H,2H2,1H3/i1D3,2D2,9D,10D,11D,12D,19D,20D,21D,22D. The van der Waals surface area contributed by atoms with Gasteiger partial charge in [0.15, 0.2) is 0 Å². The molecule has 232 valence electrons. The summed E-state index contributed by atoms with van der Waals surface area (Å²) in [7, 11) is 0. The smallest absolute Gasteiger partial charge is 0.114 e. The van der Waals surface area contributed by atoms with E-state index in [4.69, 9.17) is 12.3 Å². The van der Waals surface area contributed by atoms with Gasteiger partial charge in [0.2, 0.25) is 0 Å². The van der Waals surface area contributed by atoms with Crippen molar-refractivity contribution in [2.24, 2.45) is 0 Å². The van der Waals surface area contributed by atoms with Crippen LogP contribution in [0.5, 0.6) is 0 Å². The molecule has 0 radical (unpaired) electrons. The molecule has 0 unspecified atom stereocenters. The molecule has 1 heterocycles. The highest BCUT2D eigenvalue weighted by atomic mass is 15.1. The summed E-state index contributed by atoms with van der Waals surface area (Å²) in [6.45, 7) is -3.07. The maximum Gasteiger partial charge on any atom is 0.114 e. The van der Waals surface area contributed by atoms with Crippen LogP contribution in [0.2, 0.25) is 0 Å². The lowest BCUT2D eigenvalue weighted by Gasteiger charge is -2.19. The molecule has 2 heteroatoms. The van der Waals surface area contributed by atoms with Crippen LogP contribution in [0, 0.1) is 0 Å². The second-order valence-electron chi connectivity index (χ2n) is 11.7. The van der Waals surface area contributed by atoms with Crippen molar-refractivity contribution >= 4 is 32.6 Å². The highest BCUT2D eigenvalue weighted by Gasteiger charge is 2.18. The predicted octanol–water partition coefficient (Wildman–Crippen LogP) is 12.6. The molecular formula is C47H34N2. The van der Waals surface area contributed by atoms with Crippen molar-refractivity contribution in [1.29, 1.82) is 0 Å². The van der Waals surface area contributed by atoms with Gasteiger partial charge in [0.25, 0.3) is 0 Å². The molecule has 0 aliphatic heterocycles. The van der Waals surface area contributed by atoms with Gasteiger partial charge in [-0.1, -0.05) is 140 Å². The highest BCUT2D eigenvalue weighted by molar-refractivity contribution is 6.21. The van der Waals surface area contributed by atoms with Gasteiger partial charge in [-0.15, -0.1) is 0 Å². The Morgan fingerprint density at radius 2 is 1.02 bits per heavy atom. The van der Waals surface area contributed by atoms with E-state index in [0.717, 1.165) is 22.3 Å². The van der Waals surface area contributed by atoms with Gasteiger partial charge in [-0.2, -0.15) is 0 Å². The average molecular weight is 640 g/mol. The first-order chi connectivity index (χ1) is 29.5. The molecule has 0 N–H and O–H groups in total. The first-order valence-electron chi connectivity index (χ1n) is 22.3. The van der Waals surface area contributed by atoms with E-state index in [9.17, 15) is 5.48 Å². The number of aryl methyl sites for hydroxylation is 1. The average Bonchev–Trinajstić information content (AvgIpc) is 3.68. The minimum atomic E-state index is -3.07. The van der Waals surface area contributed by atoms with Gasteiger partial charge >= 0.3 is 0 Å². The van der Waals surface area contributed by atoms with E-state index in [1.807, 2.05) is 78.9 Å². The van der Waals surface area contributed by atoms with Gasteiger partial charge in [0.05, 0.1) is 22.0 Å². The topological polar surface area (TPSA) is 17.8 Å². The molecule has 0 spiro atoms. The lowest BCUT2D eigenvalue weighted by atomic mass is 9.84. The maximum absolute atomic E-state index is 9.47. The fraction of sp³-hybridized carbons (Fsp3) is 0.0426. The van der Waals surface area contributed by atoms with Crippen molar-refractivity contribution in [3.05, 3.63) is 182 Å². The summed E-state index contributed by atoms with van der Waals surface area (Å²) in [6.07, 6.45) is -2.86. The molecule has 0 atom stereocenters. The van der Waals surface area contributed by atoms with Crippen LogP contribution in [-0.4, -0.2) is 9.55 Å². The lowest BCUT2D eigenvalue weighted by molar-refractivity contribution is 0.908. The Bertz CT molecular complexity index is 3130. The van der Waals surface area contributed by atoms with Crippen molar-refractivity contribution in [2.45, 2.75) is 13.2 Å². The first-order valence-corrected chi connectivity index (χ1v) is 15.8. The van der Waals surface area contributed by atoms with Gasteiger partial charge in [-0.05, 0) is 109 Å². The van der Waals surface area contributed by atoms with Gasteiger partial charge in [0, 0.05) is 18.9 Å². The van der Waals surface area contributed by atoms with Crippen molar-refractivity contribution in [2.75, 3.05) is 0 Å². The zero-order valence-electron chi connectivity index (χ0n) is 39.0. The molecular weight excluding hydrogens is 593 g/mol. The van der Waals surface area contributed by atoms with E-state index in [2.05, 4.69) is 4.98 Å². The number of hydrogen-bond donors (Lipinski definition) is 0. The molecule has 0 saturated carbocycles. The summed E-state index contributed by atoms with van der Waals surface area (Å²) in [6, 6.07) is 34.4. The van der Waals surface area contributed by atoms with Crippen molar-refractivity contribution < 1.29 is 17.8 Å². The van der Waals surface area contributed by atoms with Gasteiger partial charge in [-0.25, -0.2) is 4.98 Å². The van der Waals surface area contributed by atoms with Crippen LogP contribution in [0.1, 0.15) is 30.5 Å². The molecule has 0 fully saturated rings. The zero-order chi connectivity index (χ0) is 44.0. The number of fused-ring (bicyclic) bond motifs is 3. The fourth-order valence-electron chi connectivity index (χ4n) is 6.72. The summed E-state index contributed by atoms with van der Waals surface area (Å²) in [5.41, 5.74) is 5.58. The number of aromatic nitrogens is 2. The van der Waals surface area contributed by atoms with E-state index in [-0.39, 0.29) is 38.5 Å². The van der Waals surface area contributed by atoms with Crippen LogP contribution < -0.4 is 0 Å². The third kappa shape index (κ3) is 5.01. The van der Waals surface area contributed by atoms with Crippen molar-refractivity contribution in [1.82, 2.24) is 9.55 Å². The van der Waals surface area contributed by atoms with E-state index in [1.54, 1.807) is 48.5 Å². The third-order valence-electron chi connectivity index (χ3n) is 8.90. The molecule has 8 aromatic carbocycles. The van der Waals surface area contributed by atoms with Gasteiger partial charge in [0.1, 0.15) is 5.82 Å². The number of imidazole rings is 1. The molecule has 9 rings (SSSR count). The maximum atomic E-state index is 9.47. The Hall–Kier alpha value is -6.25. The largest absolute Gasteiger partial charge is 0.296 e. The van der Waals surface area contributed by atoms with E-state index in [1.165, 1.54) is 4.57 Å². The molecule has 0 bridgehead atoms. The van der Waals surface area contributed by atoms with E-state index >= 15 is 0 Å². The first kappa shape index (κ1) is 18.3. The Balaban J connectivity index is 1.41. The molecule has 1 aromatic heterocycles. The Labute approximate surface area is 304 Å². The van der Waals surface area contributed by atoms with Crippen LogP contribution in [0.4, 0.5) is 0 Å². The number of rotatable bonds is 6. The van der Waals surface area contributed by atoms with Crippen LogP contribution in [-0.2, 0) is 6.37 Å². The summed E-state index contributed by atoms with van der Waals surface area (Å²) in [5, 5.41) is 0.196. The fourth-order valence-corrected chi connectivity index (χ4v) is 6.72. The molecule has 0 aliphatic rings. The van der Waals surface area contributed by atoms with E-state index < -0.39 is 61.6 Å². The van der Waals surface area contributed by atoms with Crippen LogP contribution in [0.15, 0.2) is 176 Å². The number of nitrogens with zero attached hydrogens (tertiary/aromatic N) is 2. The summed E-state index contributed by atoms with van der Waals surface area (Å²) in [4.78, 5) is 4.42. The summed E-state index contributed by atoms with van der Waals surface area (Å²) in [5.74, 6) is -0.345. The van der Waals surface area contributed by atoms with Gasteiger partial charge in [-0.3, -0.25) is 4.57 Å². The van der Waals surface area contributed by atoms with E-state index in [0.29, 0.717) is 27.8 Å². The summed E-state index contributed by atoms with van der Waals surface area (Å²) >= 11 is 0. The highest BCUT2D eigenvalue weighted by Crippen LogP contribution is 2.45. The monoisotopic (exact) mass is 639 g/mol. The lowest BCUT2D eigenvalue weighted by Crippen LogP contribution is -2.00. The van der Waals surface area contributed by atoms with Crippen LogP contribution in [0.3, 0.4) is 0 Å². The van der Waals surface area contributed by atoms with Crippen molar-refractivity contribution in [3.8, 4) is 50.2 Å². The third-order valence-corrected chi connectivity index (χ3v) is 8.90. The van der Waals surface area contributed by atoms with Crippen LogP contribution in [0.25, 0.3) is 82.8 Å². The molecule has 49 heavy (non-hydrogen) atoms. The molecule has 2 nitrogen and oxygen atoms in total. The Morgan fingerprint density at radius 3 is 1.57 bits per heavy atom. The number of benzene rings is 8. The minimum absolute atomic E-state index is 0.0372. The molecule has 0 saturated heterocycles. The second-order valence-corrected chi connectivity index (χ2v) is 11.7. The number of para-hydroxylation sites is 2.